The van der Waals surface area contributed by atoms with E-state index in [-0.39, 0.29) is 11.2 Å². The number of aliphatic hydroxyl groups excluding tert-OH is 2. The zero-order valence-electron chi connectivity index (χ0n) is 17.9. The SMILES string of the molecule is CCCCCCCCCCO[C@@]1(n2ccc(=O)[nH]c2=O)O[C@H](CO)[C@@H](O)[C@]1(O)C(F)(F)F. The lowest BCUT2D eigenvalue weighted by molar-refractivity contribution is -0.412. The van der Waals surface area contributed by atoms with Gasteiger partial charge in [0, 0.05) is 12.3 Å². The summed E-state index contributed by atoms with van der Waals surface area (Å²) in [5.41, 5.74) is -6.34. The van der Waals surface area contributed by atoms with Gasteiger partial charge in [-0.25, -0.2) is 9.36 Å². The molecule has 0 spiro atoms. The van der Waals surface area contributed by atoms with Gasteiger partial charge in [-0.3, -0.25) is 9.78 Å². The first-order valence-electron chi connectivity index (χ1n) is 10.8. The number of aromatic nitrogens is 2. The fraction of sp³-hybridized carbons (Fsp3) is 0.800. The molecule has 1 fully saturated rings. The van der Waals surface area contributed by atoms with Crippen LogP contribution in [-0.4, -0.2) is 62.1 Å². The van der Waals surface area contributed by atoms with Crippen molar-refractivity contribution in [2.45, 2.75) is 88.2 Å². The Bertz CT molecular complexity index is 843. The van der Waals surface area contributed by atoms with Crippen molar-refractivity contribution < 1.29 is 38.0 Å². The van der Waals surface area contributed by atoms with Crippen LogP contribution in [0.2, 0.25) is 0 Å². The van der Waals surface area contributed by atoms with Gasteiger partial charge < -0.3 is 24.8 Å². The Morgan fingerprint density at radius 1 is 1.16 bits per heavy atom. The molecule has 0 bridgehead atoms. The van der Waals surface area contributed by atoms with E-state index in [9.17, 15) is 38.1 Å². The quantitative estimate of drug-likeness (QED) is 0.340. The molecule has 184 valence electrons. The molecule has 0 aliphatic carbocycles. The molecular formula is C20H31F3N2O7. The molecule has 32 heavy (non-hydrogen) atoms. The molecule has 1 aliphatic rings. The third-order valence-corrected chi connectivity index (χ3v) is 5.62. The molecule has 0 amide bonds. The van der Waals surface area contributed by atoms with Gasteiger partial charge in [-0.05, 0) is 6.42 Å². The average Bonchev–Trinajstić information content (AvgIpc) is 2.95. The van der Waals surface area contributed by atoms with Crippen LogP contribution < -0.4 is 11.2 Å². The van der Waals surface area contributed by atoms with Crippen LogP contribution in [-0.2, 0) is 15.4 Å². The lowest BCUT2D eigenvalue weighted by Crippen LogP contribution is -2.69. The summed E-state index contributed by atoms with van der Waals surface area (Å²) in [6.07, 6.45) is -2.30. The van der Waals surface area contributed by atoms with Crippen LogP contribution in [0.3, 0.4) is 0 Å². The number of unbranched alkanes of at least 4 members (excludes halogenated alkanes) is 7. The number of hydrogen-bond acceptors (Lipinski definition) is 7. The highest BCUT2D eigenvalue weighted by Crippen LogP contribution is 2.52. The minimum atomic E-state index is -5.52. The zero-order chi connectivity index (χ0) is 24.0. The molecule has 0 saturated carbocycles. The summed E-state index contributed by atoms with van der Waals surface area (Å²) in [6.45, 7) is 0.677. The van der Waals surface area contributed by atoms with E-state index >= 15 is 0 Å². The molecule has 1 saturated heterocycles. The molecule has 0 radical (unpaired) electrons. The Kier molecular flexibility index (Phi) is 9.06. The van der Waals surface area contributed by atoms with Crippen molar-refractivity contribution in [2.24, 2.45) is 0 Å². The monoisotopic (exact) mass is 468 g/mol. The van der Waals surface area contributed by atoms with Crippen molar-refractivity contribution in [1.82, 2.24) is 9.55 Å². The number of rotatable bonds is 12. The van der Waals surface area contributed by atoms with Crippen molar-refractivity contribution in [3.05, 3.63) is 33.1 Å². The highest BCUT2D eigenvalue weighted by Gasteiger charge is 2.79. The van der Waals surface area contributed by atoms with Crippen LogP contribution in [0, 0.1) is 0 Å². The number of nitrogens with zero attached hydrogens (tertiary/aromatic N) is 1. The van der Waals surface area contributed by atoms with E-state index in [1.807, 2.05) is 0 Å². The lowest BCUT2D eigenvalue weighted by Gasteiger charge is -2.42. The summed E-state index contributed by atoms with van der Waals surface area (Å²) in [5.74, 6) is -3.25. The smallest absolute Gasteiger partial charge is 0.394 e. The summed E-state index contributed by atoms with van der Waals surface area (Å²) < 4.78 is 52.9. The van der Waals surface area contributed by atoms with E-state index in [1.165, 1.54) is 0 Å². The largest absolute Gasteiger partial charge is 0.427 e. The van der Waals surface area contributed by atoms with Crippen LogP contribution >= 0.6 is 0 Å². The second-order valence-corrected chi connectivity index (χ2v) is 7.93. The molecule has 4 atom stereocenters. The van der Waals surface area contributed by atoms with Crippen LogP contribution in [0.5, 0.6) is 0 Å². The first kappa shape index (κ1) is 26.5. The third-order valence-electron chi connectivity index (χ3n) is 5.62. The Morgan fingerprint density at radius 3 is 2.28 bits per heavy atom. The van der Waals surface area contributed by atoms with Gasteiger partial charge in [0.2, 0.25) is 0 Å². The highest BCUT2D eigenvalue weighted by atomic mass is 19.4. The van der Waals surface area contributed by atoms with Crippen molar-refractivity contribution in [3.63, 3.8) is 0 Å². The standard InChI is InChI=1S/C20H31F3N2O7/c1-2-3-4-5-6-7-8-9-12-31-20(25-11-10-15(27)24-17(25)29)18(30,19(21,22)23)16(28)14(13-26)32-20/h10-11,14,16,26,28,30H,2-9,12-13H2,1H3,(H,24,27,29)/t14-,16-,18+,20-/m1/s1. The average molecular weight is 468 g/mol. The Labute approximate surface area is 182 Å². The number of ether oxygens (including phenoxy) is 2. The van der Waals surface area contributed by atoms with E-state index in [1.54, 1.807) is 4.98 Å². The molecule has 2 rings (SSSR count). The van der Waals surface area contributed by atoms with Gasteiger partial charge in [0.15, 0.2) is 0 Å². The Morgan fingerprint density at radius 2 is 1.75 bits per heavy atom. The molecule has 0 unspecified atom stereocenters. The third kappa shape index (κ3) is 5.09. The lowest BCUT2D eigenvalue weighted by atomic mass is 9.90. The molecular weight excluding hydrogens is 437 g/mol. The maximum absolute atomic E-state index is 14.0. The van der Waals surface area contributed by atoms with Gasteiger partial charge >= 0.3 is 17.8 Å². The van der Waals surface area contributed by atoms with Crippen LogP contribution in [0.25, 0.3) is 0 Å². The Hall–Kier alpha value is -1.73. The normalized spacial score (nSPS) is 28.3. The topological polar surface area (TPSA) is 134 Å². The fourth-order valence-electron chi connectivity index (χ4n) is 3.85. The summed E-state index contributed by atoms with van der Waals surface area (Å²) >= 11 is 0. The predicted octanol–water partition coefficient (Wildman–Crippen LogP) is 1.35. The van der Waals surface area contributed by atoms with Crippen molar-refractivity contribution in [1.29, 1.82) is 0 Å². The molecule has 4 N–H and O–H groups in total. The number of aromatic amines is 1. The van der Waals surface area contributed by atoms with E-state index in [0.717, 1.165) is 44.6 Å². The molecule has 12 heteroatoms. The minimum Gasteiger partial charge on any atom is -0.394 e. The van der Waals surface area contributed by atoms with Gasteiger partial charge in [-0.2, -0.15) is 13.2 Å². The first-order chi connectivity index (χ1) is 15.0. The first-order valence-corrected chi connectivity index (χ1v) is 10.8. The van der Waals surface area contributed by atoms with E-state index in [4.69, 9.17) is 9.47 Å². The van der Waals surface area contributed by atoms with Crippen molar-refractivity contribution in [2.75, 3.05) is 13.2 Å². The number of H-pyrrole nitrogens is 1. The van der Waals surface area contributed by atoms with Gasteiger partial charge in [-0.1, -0.05) is 51.9 Å². The van der Waals surface area contributed by atoms with Gasteiger partial charge in [0.1, 0.15) is 12.2 Å². The number of alkyl halides is 3. The summed E-state index contributed by atoms with van der Waals surface area (Å²) in [4.78, 5) is 25.5. The van der Waals surface area contributed by atoms with Gasteiger partial charge in [-0.15, -0.1) is 0 Å². The maximum Gasteiger partial charge on any atom is 0.427 e. The summed E-state index contributed by atoms with van der Waals surface area (Å²) in [7, 11) is 0. The van der Waals surface area contributed by atoms with E-state index < -0.39 is 47.8 Å². The minimum absolute atomic E-state index is 0.242. The van der Waals surface area contributed by atoms with E-state index in [0.29, 0.717) is 19.0 Å². The van der Waals surface area contributed by atoms with Crippen LogP contribution in [0.15, 0.2) is 21.9 Å². The van der Waals surface area contributed by atoms with Crippen LogP contribution in [0.1, 0.15) is 58.3 Å². The van der Waals surface area contributed by atoms with Gasteiger partial charge in [0.25, 0.3) is 11.2 Å². The second-order valence-electron chi connectivity index (χ2n) is 7.93. The maximum atomic E-state index is 14.0. The number of hydrogen-bond donors (Lipinski definition) is 4. The molecule has 1 aromatic heterocycles. The second kappa shape index (κ2) is 10.9. The molecule has 1 aromatic rings. The number of aliphatic hydroxyl groups is 3. The number of nitrogens with one attached hydrogen (secondary N) is 1. The molecule has 9 nitrogen and oxygen atoms in total. The molecule has 1 aliphatic heterocycles. The van der Waals surface area contributed by atoms with Crippen molar-refractivity contribution in [3.8, 4) is 0 Å². The Balaban J connectivity index is 2.29. The molecule has 2 heterocycles. The molecule has 0 aromatic carbocycles. The summed E-state index contributed by atoms with van der Waals surface area (Å²) in [5, 5.41) is 30.3. The zero-order valence-corrected chi connectivity index (χ0v) is 17.9. The van der Waals surface area contributed by atoms with Crippen molar-refractivity contribution >= 4 is 0 Å². The number of halogens is 3. The fourth-order valence-corrected chi connectivity index (χ4v) is 3.85. The van der Waals surface area contributed by atoms with Gasteiger partial charge in [0.05, 0.1) is 13.2 Å². The highest BCUT2D eigenvalue weighted by molar-refractivity contribution is 5.11. The van der Waals surface area contributed by atoms with Crippen LogP contribution in [0.4, 0.5) is 13.2 Å². The summed E-state index contributed by atoms with van der Waals surface area (Å²) in [6, 6.07) is 0.752. The van der Waals surface area contributed by atoms with E-state index in [2.05, 4.69) is 6.92 Å². The predicted molar refractivity (Wildman–Crippen MR) is 107 cm³/mol.